The van der Waals surface area contributed by atoms with E-state index in [0.29, 0.717) is 11.5 Å². The van der Waals surface area contributed by atoms with Crippen molar-refractivity contribution in [1.82, 2.24) is 5.16 Å². The van der Waals surface area contributed by atoms with Crippen LogP contribution in [0.4, 0.5) is 0 Å². The van der Waals surface area contributed by atoms with Crippen LogP contribution >= 0.6 is 31.9 Å². The summed E-state index contributed by atoms with van der Waals surface area (Å²) in [5.41, 5.74) is 1.24. The minimum absolute atomic E-state index is 0.0906. The molecule has 0 unspecified atom stereocenters. The zero-order valence-corrected chi connectivity index (χ0v) is 11.3. The molecule has 82 valence electrons. The Hall–Kier alpha value is -0.940. The molecule has 2 aromatic rings. The van der Waals surface area contributed by atoms with Crippen molar-refractivity contribution in [3.63, 3.8) is 0 Å². The molecule has 0 saturated heterocycles. The third-order valence-corrected chi connectivity index (χ3v) is 3.08. The van der Waals surface area contributed by atoms with E-state index in [0.717, 1.165) is 10.0 Å². The number of Topliss-reactive ketones (excluding diaryl/α,β-unsaturated/α-hetero) is 1. The zero-order chi connectivity index (χ0) is 11.5. The van der Waals surface area contributed by atoms with Crippen molar-refractivity contribution in [3.05, 3.63) is 40.5 Å². The summed E-state index contributed by atoms with van der Waals surface area (Å²) in [5.74, 6) is 0.504. The fourth-order valence-corrected chi connectivity index (χ4v) is 1.78. The largest absolute Gasteiger partial charge is 0.356 e. The lowest BCUT2D eigenvalue weighted by Gasteiger charge is -1.94. The first-order chi connectivity index (χ1) is 7.70. The molecular weight excluding hydrogens is 338 g/mol. The van der Waals surface area contributed by atoms with Gasteiger partial charge in [0.1, 0.15) is 0 Å². The van der Waals surface area contributed by atoms with Crippen LogP contribution in [0.2, 0.25) is 0 Å². The summed E-state index contributed by atoms with van der Waals surface area (Å²) in [4.78, 5) is 11.3. The van der Waals surface area contributed by atoms with E-state index in [2.05, 4.69) is 37.0 Å². The number of alkyl halides is 1. The second-order valence-corrected chi connectivity index (χ2v) is 4.62. The molecule has 0 fully saturated rings. The van der Waals surface area contributed by atoms with Gasteiger partial charge in [-0.3, -0.25) is 4.79 Å². The monoisotopic (exact) mass is 343 g/mol. The van der Waals surface area contributed by atoms with Crippen molar-refractivity contribution < 1.29 is 9.32 Å². The molecule has 0 aliphatic rings. The lowest BCUT2D eigenvalue weighted by atomic mass is 10.1. The number of carbonyl (C=O) groups is 1. The van der Waals surface area contributed by atoms with E-state index in [9.17, 15) is 4.79 Å². The Morgan fingerprint density at radius 1 is 1.31 bits per heavy atom. The van der Waals surface area contributed by atoms with Crippen LogP contribution in [-0.2, 0) is 0 Å². The Morgan fingerprint density at radius 2 is 2.00 bits per heavy atom. The van der Waals surface area contributed by atoms with E-state index in [4.69, 9.17) is 4.52 Å². The summed E-state index contributed by atoms with van der Waals surface area (Å²) in [7, 11) is 0. The smallest absolute Gasteiger partial charge is 0.195 e. The van der Waals surface area contributed by atoms with Gasteiger partial charge in [-0.25, -0.2) is 0 Å². The van der Waals surface area contributed by atoms with E-state index >= 15 is 0 Å². The average Bonchev–Trinajstić information content (AvgIpc) is 2.78. The Kier molecular flexibility index (Phi) is 3.56. The van der Waals surface area contributed by atoms with E-state index in [1.54, 1.807) is 6.07 Å². The highest BCUT2D eigenvalue weighted by molar-refractivity contribution is 9.10. The van der Waals surface area contributed by atoms with E-state index in [1.165, 1.54) is 0 Å². The highest BCUT2D eigenvalue weighted by Crippen LogP contribution is 2.22. The van der Waals surface area contributed by atoms with Crippen molar-refractivity contribution in [2.45, 2.75) is 0 Å². The minimum atomic E-state index is -0.0906. The maximum Gasteiger partial charge on any atom is 0.195 e. The number of ketones is 1. The first-order valence-electron chi connectivity index (χ1n) is 4.52. The van der Waals surface area contributed by atoms with E-state index < -0.39 is 0 Å². The maximum absolute atomic E-state index is 11.3. The number of aromatic nitrogens is 1. The lowest BCUT2D eigenvalue weighted by molar-refractivity contribution is 0.101. The van der Waals surface area contributed by atoms with Crippen LogP contribution in [0.5, 0.6) is 0 Å². The van der Waals surface area contributed by atoms with Crippen LogP contribution in [0.15, 0.2) is 39.3 Å². The summed E-state index contributed by atoms with van der Waals surface area (Å²) in [6.07, 6.45) is 0. The van der Waals surface area contributed by atoms with Gasteiger partial charge in [-0.2, -0.15) is 0 Å². The van der Waals surface area contributed by atoms with Crippen LogP contribution in [0, 0.1) is 0 Å². The number of nitrogens with zero attached hydrogens (tertiary/aromatic N) is 1. The number of hydrogen-bond donors (Lipinski definition) is 0. The van der Waals surface area contributed by atoms with Gasteiger partial charge in [0, 0.05) is 16.1 Å². The number of carbonyl (C=O) groups excluding carboxylic acids is 1. The van der Waals surface area contributed by atoms with Crippen molar-refractivity contribution in [3.8, 4) is 11.3 Å². The third-order valence-electron chi connectivity index (χ3n) is 2.05. The maximum atomic E-state index is 11.3. The molecule has 1 aromatic carbocycles. The summed E-state index contributed by atoms with van der Waals surface area (Å²) in [5, 5.41) is 3.97. The molecule has 0 radical (unpaired) electrons. The molecule has 2 rings (SSSR count). The third kappa shape index (κ3) is 2.41. The number of hydrogen-bond acceptors (Lipinski definition) is 3. The molecule has 0 atom stereocenters. The molecule has 1 heterocycles. The van der Waals surface area contributed by atoms with Gasteiger partial charge in [-0.15, -0.1) is 0 Å². The summed E-state index contributed by atoms with van der Waals surface area (Å²) < 4.78 is 6.10. The molecule has 0 aliphatic heterocycles. The number of halogens is 2. The molecule has 1 aromatic heterocycles. The Morgan fingerprint density at radius 3 is 2.62 bits per heavy atom. The molecule has 5 heteroatoms. The van der Waals surface area contributed by atoms with Crippen LogP contribution in [-0.4, -0.2) is 16.3 Å². The quantitative estimate of drug-likeness (QED) is 0.630. The van der Waals surface area contributed by atoms with E-state index in [1.807, 2.05) is 24.3 Å². The molecule has 0 amide bonds. The number of benzene rings is 1. The van der Waals surface area contributed by atoms with Crippen LogP contribution in [0.3, 0.4) is 0 Å². The molecule has 0 aliphatic carbocycles. The molecule has 0 N–H and O–H groups in total. The van der Waals surface area contributed by atoms with Gasteiger partial charge >= 0.3 is 0 Å². The van der Waals surface area contributed by atoms with Gasteiger partial charge < -0.3 is 4.52 Å². The predicted octanol–water partition coefficient (Wildman–Crippen LogP) is 3.68. The molecule has 0 saturated carbocycles. The summed E-state index contributed by atoms with van der Waals surface area (Å²) >= 11 is 6.44. The lowest BCUT2D eigenvalue weighted by Crippen LogP contribution is -1.98. The Labute approximate surface area is 109 Å². The van der Waals surface area contributed by atoms with Gasteiger partial charge in [-0.1, -0.05) is 49.1 Å². The van der Waals surface area contributed by atoms with Crippen LogP contribution in [0.1, 0.15) is 10.5 Å². The second-order valence-electron chi connectivity index (χ2n) is 3.14. The predicted molar refractivity (Wildman–Crippen MR) is 67.8 cm³/mol. The highest BCUT2D eigenvalue weighted by atomic mass is 79.9. The summed E-state index contributed by atoms with van der Waals surface area (Å²) in [6, 6.07) is 9.25. The van der Waals surface area contributed by atoms with Crippen molar-refractivity contribution in [1.29, 1.82) is 0 Å². The van der Waals surface area contributed by atoms with Gasteiger partial charge in [0.2, 0.25) is 0 Å². The van der Waals surface area contributed by atoms with Crippen LogP contribution < -0.4 is 0 Å². The second kappa shape index (κ2) is 4.93. The van der Waals surface area contributed by atoms with Gasteiger partial charge in [-0.05, 0) is 12.1 Å². The van der Waals surface area contributed by atoms with Crippen LogP contribution in [0.25, 0.3) is 11.3 Å². The first kappa shape index (κ1) is 11.5. The molecule has 16 heavy (non-hydrogen) atoms. The van der Waals surface area contributed by atoms with Crippen molar-refractivity contribution in [2.24, 2.45) is 0 Å². The minimum Gasteiger partial charge on any atom is -0.356 e. The highest BCUT2D eigenvalue weighted by Gasteiger charge is 2.12. The van der Waals surface area contributed by atoms with Crippen molar-refractivity contribution >= 4 is 37.6 Å². The fraction of sp³-hybridized carbons (Fsp3) is 0.0909. The fourth-order valence-electron chi connectivity index (χ4n) is 1.23. The summed E-state index contributed by atoms with van der Waals surface area (Å²) in [6.45, 7) is 0. The molecule has 0 spiro atoms. The average molecular weight is 345 g/mol. The zero-order valence-electron chi connectivity index (χ0n) is 8.11. The topological polar surface area (TPSA) is 43.1 Å². The Bertz CT molecular complexity index is 505. The van der Waals surface area contributed by atoms with Gasteiger partial charge in [0.15, 0.2) is 17.2 Å². The standard InChI is InChI=1S/C11H7Br2NO2/c12-6-10(15)9-5-11(16-14-9)7-1-3-8(13)4-2-7/h1-5H,6H2. The Balaban J connectivity index is 2.31. The first-order valence-corrected chi connectivity index (χ1v) is 6.44. The normalized spacial score (nSPS) is 10.4. The molecule has 3 nitrogen and oxygen atoms in total. The SMILES string of the molecule is O=C(CBr)c1cc(-c2ccc(Br)cc2)on1. The van der Waals surface area contributed by atoms with E-state index in [-0.39, 0.29) is 11.1 Å². The molecular formula is C11H7Br2NO2. The molecule has 0 bridgehead atoms. The van der Waals surface area contributed by atoms with Crippen molar-refractivity contribution in [2.75, 3.05) is 5.33 Å². The number of rotatable bonds is 3. The van der Waals surface area contributed by atoms with Gasteiger partial charge in [0.25, 0.3) is 0 Å². The van der Waals surface area contributed by atoms with Gasteiger partial charge in [0.05, 0.1) is 5.33 Å².